The molecule has 0 aromatic carbocycles. The molecule has 1 N–H and O–H groups in total. The van der Waals surface area contributed by atoms with Crippen molar-refractivity contribution < 1.29 is 9.53 Å². The fourth-order valence-corrected chi connectivity index (χ4v) is 3.52. The molecule has 23 heavy (non-hydrogen) atoms. The monoisotopic (exact) mass is 350 g/mol. The fourth-order valence-electron chi connectivity index (χ4n) is 2.21. The highest BCUT2D eigenvalue weighted by Gasteiger charge is 2.28. The lowest BCUT2D eigenvalue weighted by Crippen LogP contribution is -2.49. The number of carbonyl (C=O) groups is 1. The number of nitrogens with zero attached hydrogens (tertiary/aromatic N) is 3. The molecule has 1 aliphatic heterocycles. The Morgan fingerprint density at radius 2 is 2.13 bits per heavy atom. The summed E-state index contributed by atoms with van der Waals surface area (Å²) in [4.78, 5) is 20.8. The van der Waals surface area contributed by atoms with Crippen LogP contribution in [0.3, 0.4) is 0 Å². The zero-order valence-electron chi connectivity index (χ0n) is 13.2. The van der Waals surface area contributed by atoms with Crippen molar-refractivity contribution in [2.45, 2.75) is 20.0 Å². The van der Waals surface area contributed by atoms with Crippen molar-refractivity contribution >= 4 is 34.3 Å². The number of ether oxygens (including phenoxy) is 1. The van der Waals surface area contributed by atoms with Crippen molar-refractivity contribution in [3.63, 3.8) is 0 Å². The number of aromatic nitrogens is 2. The lowest BCUT2D eigenvalue weighted by molar-refractivity contribution is 0.0835. The van der Waals surface area contributed by atoms with Gasteiger partial charge in [0.1, 0.15) is 17.5 Å². The van der Waals surface area contributed by atoms with E-state index in [2.05, 4.69) is 25.8 Å². The molecule has 0 spiro atoms. The van der Waals surface area contributed by atoms with Crippen molar-refractivity contribution in [1.82, 2.24) is 14.3 Å². The van der Waals surface area contributed by atoms with E-state index in [4.69, 9.17) is 4.74 Å². The number of nitrogens with one attached hydrogen (secondary N) is 1. The van der Waals surface area contributed by atoms with Crippen LogP contribution in [0.1, 0.15) is 21.9 Å². The van der Waals surface area contributed by atoms with E-state index in [1.54, 1.807) is 18.0 Å². The molecule has 3 rings (SSSR count). The third kappa shape index (κ3) is 4.01. The number of hydrogen-bond acceptors (Lipinski definition) is 7. The van der Waals surface area contributed by atoms with Crippen LogP contribution < -0.4 is 10.1 Å². The summed E-state index contributed by atoms with van der Waals surface area (Å²) in [6, 6.07) is 3.54. The van der Waals surface area contributed by atoms with Crippen LogP contribution in [0.25, 0.3) is 0 Å². The van der Waals surface area contributed by atoms with Gasteiger partial charge in [0.2, 0.25) is 0 Å². The van der Waals surface area contributed by atoms with E-state index in [9.17, 15) is 4.79 Å². The number of carbonyl (C=O) groups excluding carboxylic acids is 1. The van der Waals surface area contributed by atoms with Crippen molar-refractivity contribution in [3.05, 3.63) is 34.6 Å². The minimum absolute atomic E-state index is 0.168. The molecule has 3 heterocycles. The molecule has 122 valence electrons. The van der Waals surface area contributed by atoms with Gasteiger partial charge in [0.05, 0.1) is 5.69 Å². The van der Waals surface area contributed by atoms with Gasteiger partial charge in [-0.3, -0.25) is 10.1 Å². The maximum Gasteiger partial charge on any atom is 0.276 e. The van der Waals surface area contributed by atoms with E-state index in [0.29, 0.717) is 16.6 Å². The van der Waals surface area contributed by atoms with Gasteiger partial charge in [-0.1, -0.05) is 11.9 Å². The molecule has 0 unspecified atom stereocenters. The van der Waals surface area contributed by atoms with Crippen LogP contribution in [0.5, 0.6) is 5.75 Å². The Morgan fingerprint density at radius 1 is 1.35 bits per heavy atom. The van der Waals surface area contributed by atoms with E-state index < -0.39 is 0 Å². The second-order valence-corrected chi connectivity index (χ2v) is 7.09. The van der Waals surface area contributed by atoms with E-state index in [-0.39, 0.29) is 12.0 Å². The fraction of sp³-hybridized carbons (Fsp3) is 0.400. The standard InChI is InChI=1S/C15H18N4O2S2/c1-9-4-11(21-12-6-19(7-12)22-3)5-13(16-9)14(20)18-15-17-10(2)8-23-15/h4-5,8,12H,6-7H2,1-3H3,(H,17,18,20). The minimum atomic E-state index is -0.271. The predicted molar refractivity (Wildman–Crippen MR) is 93.3 cm³/mol. The predicted octanol–water partition coefficient (Wildman–Crippen LogP) is 2.75. The van der Waals surface area contributed by atoms with Crippen molar-refractivity contribution in [2.75, 3.05) is 24.7 Å². The molecule has 6 nitrogen and oxygen atoms in total. The Balaban J connectivity index is 1.68. The second kappa shape index (κ2) is 6.86. The van der Waals surface area contributed by atoms with Crippen LogP contribution in [0.2, 0.25) is 0 Å². The van der Waals surface area contributed by atoms with Crippen LogP contribution in [0.15, 0.2) is 17.5 Å². The molecule has 2 aromatic rings. The van der Waals surface area contributed by atoms with Crippen LogP contribution in [0.4, 0.5) is 5.13 Å². The molecule has 0 bridgehead atoms. The van der Waals surface area contributed by atoms with Gasteiger partial charge in [0, 0.05) is 36.3 Å². The summed E-state index contributed by atoms with van der Waals surface area (Å²) in [7, 11) is 0. The van der Waals surface area contributed by atoms with Gasteiger partial charge in [-0.05, 0) is 20.1 Å². The van der Waals surface area contributed by atoms with Gasteiger partial charge >= 0.3 is 0 Å². The summed E-state index contributed by atoms with van der Waals surface area (Å²) in [6.45, 7) is 5.52. The minimum Gasteiger partial charge on any atom is -0.488 e. The Hall–Kier alpha value is -1.64. The zero-order valence-corrected chi connectivity index (χ0v) is 14.8. The Kier molecular flexibility index (Phi) is 4.84. The first-order valence-corrected chi connectivity index (χ1v) is 9.27. The van der Waals surface area contributed by atoms with Gasteiger partial charge in [-0.2, -0.15) is 0 Å². The number of amides is 1. The molecule has 2 aromatic heterocycles. The first kappa shape index (κ1) is 16.2. The van der Waals surface area contributed by atoms with Gasteiger partial charge < -0.3 is 4.74 Å². The highest BCUT2D eigenvalue weighted by atomic mass is 32.2. The molecule has 1 saturated heterocycles. The van der Waals surface area contributed by atoms with E-state index in [1.807, 2.05) is 25.3 Å². The molecule has 8 heteroatoms. The topological polar surface area (TPSA) is 67.3 Å². The smallest absolute Gasteiger partial charge is 0.276 e. The second-order valence-electron chi connectivity index (χ2n) is 5.35. The molecule has 1 aliphatic rings. The summed E-state index contributed by atoms with van der Waals surface area (Å²) < 4.78 is 8.14. The number of pyridine rings is 1. The number of hydrogen-bond donors (Lipinski definition) is 1. The van der Waals surface area contributed by atoms with Crippen molar-refractivity contribution in [2.24, 2.45) is 0 Å². The summed E-state index contributed by atoms with van der Waals surface area (Å²) in [5.74, 6) is 0.413. The third-order valence-corrected chi connectivity index (χ3v) is 5.06. The summed E-state index contributed by atoms with van der Waals surface area (Å²) in [5, 5.41) is 5.24. The van der Waals surface area contributed by atoms with Gasteiger partial charge in [0.25, 0.3) is 5.91 Å². The normalized spacial score (nSPS) is 15.3. The largest absolute Gasteiger partial charge is 0.488 e. The van der Waals surface area contributed by atoms with E-state index in [0.717, 1.165) is 24.5 Å². The van der Waals surface area contributed by atoms with Crippen molar-refractivity contribution in [3.8, 4) is 5.75 Å². The molecule has 0 radical (unpaired) electrons. The molecular weight excluding hydrogens is 332 g/mol. The highest BCUT2D eigenvalue weighted by Crippen LogP contribution is 2.23. The molecule has 1 fully saturated rings. The summed E-state index contributed by atoms with van der Waals surface area (Å²) in [6.07, 6.45) is 2.22. The van der Waals surface area contributed by atoms with Crippen LogP contribution in [-0.2, 0) is 0 Å². The number of aryl methyl sites for hydroxylation is 2. The van der Waals surface area contributed by atoms with Crippen LogP contribution in [0, 0.1) is 13.8 Å². The van der Waals surface area contributed by atoms with Crippen LogP contribution >= 0.6 is 23.3 Å². The van der Waals surface area contributed by atoms with E-state index >= 15 is 0 Å². The maximum atomic E-state index is 12.3. The Morgan fingerprint density at radius 3 is 2.78 bits per heavy atom. The molecular formula is C15H18N4O2S2. The molecule has 1 amide bonds. The molecule has 0 aliphatic carbocycles. The number of thiazole rings is 1. The summed E-state index contributed by atoms with van der Waals surface area (Å²) >= 11 is 3.11. The van der Waals surface area contributed by atoms with Gasteiger partial charge in [0.15, 0.2) is 5.13 Å². The summed E-state index contributed by atoms with van der Waals surface area (Å²) in [5.41, 5.74) is 1.98. The Labute approximate surface area is 143 Å². The average molecular weight is 350 g/mol. The quantitative estimate of drug-likeness (QED) is 0.837. The lowest BCUT2D eigenvalue weighted by Gasteiger charge is -2.37. The number of anilines is 1. The van der Waals surface area contributed by atoms with Gasteiger partial charge in [-0.25, -0.2) is 14.3 Å². The first-order valence-electron chi connectivity index (χ1n) is 7.21. The molecule has 0 atom stereocenters. The van der Waals surface area contributed by atoms with E-state index in [1.165, 1.54) is 11.3 Å². The average Bonchev–Trinajstić information content (AvgIpc) is 2.87. The zero-order chi connectivity index (χ0) is 16.4. The Bertz CT molecular complexity index is 713. The third-order valence-electron chi connectivity index (χ3n) is 3.37. The highest BCUT2D eigenvalue weighted by molar-refractivity contribution is 7.96. The van der Waals surface area contributed by atoms with Gasteiger partial charge in [-0.15, -0.1) is 11.3 Å². The lowest BCUT2D eigenvalue weighted by atomic mass is 10.2. The SMILES string of the molecule is CSN1CC(Oc2cc(C)nc(C(=O)Nc3nc(C)cs3)c2)C1. The maximum absolute atomic E-state index is 12.3. The first-order chi connectivity index (χ1) is 11.0. The number of rotatable bonds is 5. The van der Waals surface area contributed by atoms with Crippen molar-refractivity contribution in [1.29, 1.82) is 0 Å². The molecule has 0 saturated carbocycles. The van der Waals surface area contributed by atoms with Crippen LogP contribution in [-0.4, -0.2) is 45.6 Å².